The molecule has 0 bridgehead atoms. The number of aliphatic carboxylic acids is 1. The van der Waals surface area contributed by atoms with E-state index in [4.69, 9.17) is 9.84 Å². The summed E-state index contributed by atoms with van der Waals surface area (Å²) in [6, 6.07) is 15.1. The maximum absolute atomic E-state index is 11.9. The fourth-order valence-electron chi connectivity index (χ4n) is 2.53. The number of carbonyl (C=O) groups is 2. The maximum atomic E-state index is 11.9. The lowest BCUT2D eigenvalue weighted by Gasteiger charge is -2.25. The lowest BCUT2D eigenvalue weighted by molar-refractivity contribution is -0.136. The average molecular weight is 327 g/mol. The van der Waals surface area contributed by atoms with Crippen LogP contribution in [0.3, 0.4) is 0 Å². The molecule has 126 valence electrons. The first-order chi connectivity index (χ1) is 11.5. The molecule has 24 heavy (non-hydrogen) atoms. The zero-order valence-electron chi connectivity index (χ0n) is 13.9. The first-order valence-corrected chi connectivity index (χ1v) is 7.71. The Balaban J connectivity index is 2.32. The highest BCUT2D eigenvalue weighted by Crippen LogP contribution is 2.21. The van der Waals surface area contributed by atoms with Crippen LogP contribution in [-0.4, -0.2) is 30.7 Å². The molecule has 0 heterocycles. The normalized spacial score (nSPS) is 10.2. The Morgan fingerprint density at radius 2 is 1.88 bits per heavy atom. The number of benzene rings is 2. The highest BCUT2D eigenvalue weighted by Gasteiger charge is 2.15. The first-order valence-electron chi connectivity index (χ1n) is 7.71. The van der Waals surface area contributed by atoms with Crippen LogP contribution in [0.1, 0.15) is 27.9 Å². The smallest absolute Gasteiger partial charge is 0.338 e. The van der Waals surface area contributed by atoms with E-state index in [1.807, 2.05) is 48.2 Å². The summed E-state index contributed by atoms with van der Waals surface area (Å²) in [6.45, 7) is 2.78. The van der Waals surface area contributed by atoms with E-state index in [1.165, 1.54) is 7.11 Å². The molecule has 0 saturated heterocycles. The second-order valence-corrected chi connectivity index (χ2v) is 5.55. The standard InChI is InChI=1S/C19H21NO4/c1-14-6-5-8-16(12-14)20(11-10-18(21)22)13-15-7-3-4-9-17(15)19(23)24-2/h3-9,12H,10-11,13H2,1-2H3,(H,21,22). The Labute approximate surface area is 141 Å². The van der Waals surface area contributed by atoms with Gasteiger partial charge in [-0.15, -0.1) is 0 Å². The minimum atomic E-state index is -0.853. The summed E-state index contributed by atoms with van der Waals surface area (Å²) in [6.07, 6.45) is 0.0222. The summed E-state index contributed by atoms with van der Waals surface area (Å²) >= 11 is 0. The van der Waals surface area contributed by atoms with Crippen molar-refractivity contribution in [3.05, 3.63) is 65.2 Å². The van der Waals surface area contributed by atoms with Crippen LogP contribution in [0.2, 0.25) is 0 Å². The number of rotatable bonds is 7. The molecule has 5 nitrogen and oxygen atoms in total. The summed E-state index contributed by atoms with van der Waals surface area (Å²) in [7, 11) is 1.35. The Morgan fingerprint density at radius 3 is 2.54 bits per heavy atom. The Bertz CT molecular complexity index is 727. The van der Waals surface area contributed by atoms with Crippen molar-refractivity contribution in [1.29, 1.82) is 0 Å². The summed E-state index contributed by atoms with van der Waals surface area (Å²) in [5, 5.41) is 9.01. The molecule has 0 unspecified atom stereocenters. The summed E-state index contributed by atoms with van der Waals surface area (Å²) in [5.74, 6) is -1.25. The van der Waals surface area contributed by atoms with Crippen molar-refractivity contribution in [1.82, 2.24) is 0 Å². The van der Waals surface area contributed by atoms with Crippen LogP contribution >= 0.6 is 0 Å². The predicted octanol–water partition coefficient (Wildman–Crippen LogP) is 3.26. The van der Waals surface area contributed by atoms with Crippen LogP contribution in [0.25, 0.3) is 0 Å². The number of ether oxygens (including phenoxy) is 1. The van der Waals surface area contributed by atoms with Crippen LogP contribution in [0.15, 0.2) is 48.5 Å². The fraction of sp³-hybridized carbons (Fsp3) is 0.263. The molecule has 0 aliphatic rings. The molecule has 0 saturated carbocycles. The van der Waals surface area contributed by atoms with Crippen molar-refractivity contribution in [2.45, 2.75) is 19.9 Å². The number of carboxylic acids is 1. The number of nitrogens with zero attached hydrogens (tertiary/aromatic N) is 1. The predicted molar refractivity (Wildman–Crippen MR) is 92.3 cm³/mol. The van der Waals surface area contributed by atoms with E-state index in [-0.39, 0.29) is 6.42 Å². The van der Waals surface area contributed by atoms with E-state index in [2.05, 4.69) is 0 Å². The van der Waals surface area contributed by atoms with Gasteiger partial charge in [-0.1, -0.05) is 30.3 Å². The van der Waals surface area contributed by atoms with Crippen molar-refractivity contribution in [3.63, 3.8) is 0 Å². The molecule has 0 aromatic heterocycles. The third kappa shape index (κ3) is 4.59. The van der Waals surface area contributed by atoms with Gasteiger partial charge in [0.15, 0.2) is 0 Å². The van der Waals surface area contributed by atoms with Crippen LogP contribution in [-0.2, 0) is 16.1 Å². The van der Waals surface area contributed by atoms with Gasteiger partial charge in [-0.3, -0.25) is 4.79 Å². The summed E-state index contributed by atoms with van der Waals surface area (Å²) in [4.78, 5) is 24.9. The number of carboxylic acid groups (broad SMARTS) is 1. The van der Waals surface area contributed by atoms with Crippen molar-refractivity contribution >= 4 is 17.6 Å². The molecule has 0 fully saturated rings. The van der Waals surface area contributed by atoms with Gasteiger partial charge in [0.2, 0.25) is 0 Å². The van der Waals surface area contributed by atoms with Gasteiger partial charge in [0.25, 0.3) is 0 Å². The lowest BCUT2D eigenvalue weighted by atomic mass is 10.1. The molecule has 1 N–H and O–H groups in total. The van der Waals surface area contributed by atoms with Crippen molar-refractivity contribution in [2.24, 2.45) is 0 Å². The van der Waals surface area contributed by atoms with Gasteiger partial charge in [0.05, 0.1) is 19.1 Å². The molecule has 2 aromatic rings. The topological polar surface area (TPSA) is 66.8 Å². The van der Waals surface area contributed by atoms with E-state index >= 15 is 0 Å². The van der Waals surface area contributed by atoms with Gasteiger partial charge in [-0.25, -0.2) is 4.79 Å². The molecule has 0 aliphatic heterocycles. The van der Waals surface area contributed by atoms with Crippen molar-refractivity contribution < 1.29 is 19.4 Å². The SMILES string of the molecule is COC(=O)c1ccccc1CN(CCC(=O)O)c1cccc(C)c1. The molecular weight excluding hydrogens is 306 g/mol. The van der Waals surface area contributed by atoms with E-state index in [1.54, 1.807) is 12.1 Å². The summed E-state index contributed by atoms with van der Waals surface area (Å²) in [5.41, 5.74) is 3.31. The highest BCUT2D eigenvalue weighted by atomic mass is 16.5. The maximum Gasteiger partial charge on any atom is 0.338 e. The second kappa shape index (κ2) is 8.15. The minimum absolute atomic E-state index is 0.0222. The van der Waals surface area contributed by atoms with E-state index < -0.39 is 11.9 Å². The molecule has 0 atom stereocenters. The average Bonchev–Trinajstić information content (AvgIpc) is 2.58. The van der Waals surface area contributed by atoms with Crippen LogP contribution in [0.4, 0.5) is 5.69 Å². The highest BCUT2D eigenvalue weighted by molar-refractivity contribution is 5.91. The monoisotopic (exact) mass is 327 g/mol. The molecule has 5 heteroatoms. The zero-order valence-corrected chi connectivity index (χ0v) is 13.9. The number of carbonyl (C=O) groups excluding carboxylic acids is 1. The number of methoxy groups -OCH3 is 1. The number of hydrogen-bond acceptors (Lipinski definition) is 4. The quantitative estimate of drug-likeness (QED) is 0.791. The van der Waals surface area contributed by atoms with Crippen LogP contribution in [0, 0.1) is 6.92 Å². The number of esters is 1. The van der Waals surface area contributed by atoms with Crippen LogP contribution in [0.5, 0.6) is 0 Å². The van der Waals surface area contributed by atoms with Gasteiger partial charge in [0, 0.05) is 18.8 Å². The number of anilines is 1. The van der Waals surface area contributed by atoms with Crippen molar-refractivity contribution in [2.75, 3.05) is 18.6 Å². The molecular formula is C19H21NO4. The second-order valence-electron chi connectivity index (χ2n) is 5.55. The van der Waals surface area contributed by atoms with Gasteiger partial charge < -0.3 is 14.7 Å². The van der Waals surface area contributed by atoms with E-state index in [0.717, 1.165) is 16.8 Å². The molecule has 0 amide bonds. The molecule has 0 radical (unpaired) electrons. The number of aryl methyl sites for hydroxylation is 1. The summed E-state index contributed by atoms with van der Waals surface area (Å²) < 4.78 is 4.83. The molecule has 2 rings (SSSR count). The largest absolute Gasteiger partial charge is 0.481 e. The van der Waals surface area contributed by atoms with Gasteiger partial charge >= 0.3 is 11.9 Å². The molecule has 0 spiro atoms. The van der Waals surface area contributed by atoms with Gasteiger partial charge in [-0.2, -0.15) is 0 Å². The van der Waals surface area contributed by atoms with E-state index in [9.17, 15) is 9.59 Å². The molecule has 0 aliphatic carbocycles. The Morgan fingerprint density at radius 1 is 1.12 bits per heavy atom. The van der Waals surface area contributed by atoms with Gasteiger partial charge in [-0.05, 0) is 36.2 Å². The van der Waals surface area contributed by atoms with Gasteiger partial charge in [0.1, 0.15) is 0 Å². The fourth-order valence-corrected chi connectivity index (χ4v) is 2.53. The first kappa shape index (κ1) is 17.5. The Kier molecular flexibility index (Phi) is 5.95. The third-order valence-electron chi connectivity index (χ3n) is 3.75. The molecule has 2 aromatic carbocycles. The van der Waals surface area contributed by atoms with Crippen molar-refractivity contribution in [3.8, 4) is 0 Å². The van der Waals surface area contributed by atoms with E-state index in [0.29, 0.717) is 18.7 Å². The number of hydrogen-bond donors (Lipinski definition) is 1. The van der Waals surface area contributed by atoms with Crippen LogP contribution < -0.4 is 4.90 Å². The lowest BCUT2D eigenvalue weighted by Crippen LogP contribution is -2.26. The zero-order chi connectivity index (χ0) is 17.5. The Hall–Kier alpha value is -2.82. The third-order valence-corrected chi connectivity index (χ3v) is 3.75. The minimum Gasteiger partial charge on any atom is -0.481 e.